The van der Waals surface area contributed by atoms with E-state index in [-0.39, 0.29) is 0 Å². The molecule has 1 aliphatic heterocycles. The lowest BCUT2D eigenvalue weighted by atomic mass is 9.95. The maximum atomic E-state index is 5.23. The molecule has 1 saturated heterocycles. The Morgan fingerprint density at radius 1 is 1.00 bits per heavy atom. The SMILES string of the molecule is COc1ccc(Cc2ccc(C3CCCCN3Cc3cccnc3)cn2)cc1. The van der Waals surface area contributed by atoms with Crippen molar-refractivity contribution in [3.05, 3.63) is 89.5 Å². The Balaban J connectivity index is 1.45. The molecule has 1 aromatic carbocycles. The first-order chi connectivity index (χ1) is 13.8. The van der Waals surface area contributed by atoms with E-state index in [1.165, 1.54) is 36.0 Å². The van der Waals surface area contributed by atoms with Gasteiger partial charge in [-0.25, -0.2) is 0 Å². The molecule has 1 unspecified atom stereocenters. The first kappa shape index (κ1) is 18.6. The Morgan fingerprint density at radius 3 is 2.61 bits per heavy atom. The number of hydrogen-bond donors (Lipinski definition) is 0. The van der Waals surface area contributed by atoms with Gasteiger partial charge in [-0.3, -0.25) is 14.9 Å². The third-order valence-electron chi connectivity index (χ3n) is 5.50. The standard InChI is InChI=1S/C24H27N3O/c1-28-23-11-7-19(8-12-23)15-22-10-9-21(17-26-22)24-6-2-3-14-27(24)18-20-5-4-13-25-16-20/h4-5,7-13,16-17,24H,2-3,6,14-15,18H2,1H3. The lowest BCUT2D eigenvalue weighted by molar-refractivity contribution is 0.140. The van der Waals surface area contributed by atoms with E-state index in [0.29, 0.717) is 6.04 Å². The fourth-order valence-electron chi connectivity index (χ4n) is 3.97. The molecule has 4 nitrogen and oxygen atoms in total. The van der Waals surface area contributed by atoms with Crippen LogP contribution in [-0.2, 0) is 13.0 Å². The number of rotatable bonds is 6. The first-order valence-corrected chi connectivity index (χ1v) is 10.0. The van der Waals surface area contributed by atoms with Crippen molar-refractivity contribution in [1.29, 1.82) is 0 Å². The highest BCUT2D eigenvalue weighted by Gasteiger charge is 2.24. The Bertz CT molecular complexity index is 863. The minimum Gasteiger partial charge on any atom is -0.497 e. The quantitative estimate of drug-likeness (QED) is 0.622. The maximum Gasteiger partial charge on any atom is 0.118 e. The highest BCUT2D eigenvalue weighted by atomic mass is 16.5. The van der Waals surface area contributed by atoms with Gasteiger partial charge in [-0.2, -0.15) is 0 Å². The summed E-state index contributed by atoms with van der Waals surface area (Å²) >= 11 is 0. The average molecular weight is 373 g/mol. The lowest BCUT2D eigenvalue weighted by Crippen LogP contribution is -2.33. The normalized spacial score (nSPS) is 17.4. The maximum absolute atomic E-state index is 5.23. The van der Waals surface area contributed by atoms with Crippen LogP contribution in [0.15, 0.2) is 67.1 Å². The predicted molar refractivity (Wildman–Crippen MR) is 111 cm³/mol. The predicted octanol–water partition coefficient (Wildman–Crippen LogP) is 4.80. The summed E-state index contributed by atoms with van der Waals surface area (Å²) in [5.41, 5.74) is 4.95. The van der Waals surface area contributed by atoms with Gasteiger partial charge in [0.2, 0.25) is 0 Å². The molecule has 0 bridgehead atoms. The van der Waals surface area contributed by atoms with E-state index >= 15 is 0 Å². The fourth-order valence-corrected chi connectivity index (χ4v) is 3.97. The number of nitrogens with zero attached hydrogens (tertiary/aromatic N) is 3. The molecule has 1 fully saturated rings. The van der Waals surface area contributed by atoms with Gasteiger partial charge in [0.15, 0.2) is 0 Å². The first-order valence-electron chi connectivity index (χ1n) is 10.0. The smallest absolute Gasteiger partial charge is 0.118 e. The topological polar surface area (TPSA) is 38.2 Å². The van der Waals surface area contributed by atoms with Crippen LogP contribution in [0, 0.1) is 0 Å². The second kappa shape index (κ2) is 8.98. The van der Waals surface area contributed by atoms with Crippen LogP contribution in [-0.4, -0.2) is 28.5 Å². The summed E-state index contributed by atoms with van der Waals surface area (Å²) in [6.45, 7) is 2.08. The number of benzene rings is 1. The van der Waals surface area contributed by atoms with E-state index in [1.807, 2.05) is 30.6 Å². The van der Waals surface area contributed by atoms with Crippen LogP contribution in [0.5, 0.6) is 5.75 Å². The molecule has 0 N–H and O–H groups in total. The molecule has 0 saturated carbocycles. The largest absolute Gasteiger partial charge is 0.497 e. The van der Waals surface area contributed by atoms with Crippen molar-refractivity contribution in [3.63, 3.8) is 0 Å². The van der Waals surface area contributed by atoms with Crippen LogP contribution in [0.1, 0.15) is 47.7 Å². The van der Waals surface area contributed by atoms with Crippen molar-refractivity contribution in [3.8, 4) is 5.75 Å². The lowest BCUT2D eigenvalue weighted by Gasteiger charge is -2.36. The number of ether oxygens (including phenoxy) is 1. The van der Waals surface area contributed by atoms with Crippen LogP contribution in [0.25, 0.3) is 0 Å². The molecule has 4 heteroatoms. The van der Waals surface area contributed by atoms with E-state index in [9.17, 15) is 0 Å². The van der Waals surface area contributed by atoms with Crippen molar-refractivity contribution >= 4 is 0 Å². The van der Waals surface area contributed by atoms with Gasteiger partial charge in [-0.1, -0.05) is 30.7 Å². The zero-order valence-corrected chi connectivity index (χ0v) is 16.4. The van der Waals surface area contributed by atoms with Crippen LogP contribution >= 0.6 is 0 Å². The van der Waals surface area contributed by atoms with Gasteiger partial charge in [0.05, 0.1) is 7.11 Å². The van der Waals surface area contributed by atoms with Gasteiger partial charge >= 0.3 is 0 Å². The highest BCUT2D eigenvalue weighted by molar-refractivity contribution is 5.30. The summed E-state index contributed by atoms with van der Waals surface area (Å²) in [6, 6.07) is 17.3. The second-order valence-corrected chi connectivity index (χ2v) is 7.45. The Morgan fingerprint density at radius 2 is 1.89 bits per heavy atom. The summed E-state index contributed by atoms with van der Waals surface area (Å²) < 4.78 is 5.23. The highest BCUT2D eigenvalue weighted by Crippen LogP contribution is 2.32. The summed E-state index contributed by atoms with van der Waals surface area (Å²) in [4.78, 5) is 11.6. The minimum atomic E-state index is 0.441. The summed E-state index contributed by atoms with van der Waals surface area (Å²) in [7, 11) is 1.69. The average Bonchev–Trinajstić information content (AvgIpc) is 2.76. The van der Waals surface area contributed by atoms with Crippen LogP contribution in [0.2, 0.25) is 0 Å². The van der Waals surface area contributed by atoms with E-state index in [0.717, 1.165) is 31.0 Å². The van der Waals surface area contributed by atoms with E-state index in [1.54, 1.807) is 7.11 Å². The monoisotopic (exact) mass is 373 g/mol. The third kappa shape index (κ3) is 4.57. The fraction of sp³-hybridized carbons (Fsp3) is 0.333. The number of likely N-dealkylation sites (tertiary alicyclic amines) is 1. The van der Waals surface area contributed by atoms with Gasteiger partial charge in [-0.05, 0) is 60.3 Å². The zero-order chi connectivity index (χ0) is 19.2. The van der Waals surface area contributed by atoms with Gasteiger partial charge in [0, 0.05) is 43.3 Å². The number of methoxy groups -OCH3 is 1. The van der Waals surface area contributed by atoms with Crippen molar-refractivity contribution < 1.29 is 4.74 Å². The van der Waals surface area contributed by atoms with Crippen molar-refractivity contribution in [2.75, 3.05) is 13.7 Å². The van der Waals surface area contributed by atoms with E-state index in [2.05, 4.69) is 46.4 Å². The second-order valence-electron chi connectivity index (χ2n) is 7.45. The number of aromatic nitrogens is 2. The Kier molecular flexibility index (Phi) is 5.98. The molecule has 144 valence electrons. The van der Waals surface area contributed by atoms with Crippen molar-refractivity contribution in [2.24, 2.45) is 0 Å². The van der Waals surface area contributed by atoms with E-state index < -0.39 is 0 Å². The van der Waals surface area contributed by atoms with Crippen LogP contribution in [0.4, 0.5) is 0 Å². The molecule has 0 spiro atoms. The third-order valence-corrected chi connectivity index (χ3v) is 5.50. The van der Waals surface area contributed by atoms with Gasteiger partial charge < -0.3 is 4.74 Å². The van der Waals surface area contributed by atoms with Crippen molar-refractivity contribution in [1.82, 2.24) is 14.9 Å². The molecule has 4 rings (SSSR count). The number of pyridine rings is 2. The summed E-state index contributed by atoms with van der Waals surface area (Å²) in [5.74, 6) is 0.887. The Hall–Kier alpha value is -2.72. The molecule has 3 aromatic rings. The molecule has 2 aromatic heterocycles. The molecular formula is C24H27N3O. The molecule has 0 amide bonds. The van der Waals surface area contributed by atoms with E-state index in [4.69, 9.17) is 9.72 Å². The molecule has 0 radical (unpaired) electrons. The minimum absolute atomic E-state index is 0.441. The van der Waals surface area contributed by atoms with Crippen LogP contribution < -0.4 is 4.74 Å². The molecule has 28 heavy (non-hydrogen) atoms. The molecule has 3 heterocycles. The van der Waals surface area contributed by atoms with Gasteiger partial charge in [0.25, 0.3) is 0 Å². The molecule has 1 aliphatic rings. The Labute approximate surface area is 167 Å². The zero-order valence-electron chi connectivity index (χ0n) is 16.4. The van der Waals surface area contributed by atoms with Gasteiger partial charge in [-0.15, -0.1) is 0 Å². The molecule has 0 aliphatic carbocycles. The molecular weight excluding hydrogens is 346 g/mol. The summed E-state index contributed by atoms with van der Waals surface area (Å²) in [5, 5.41) is 0. The number of hydrogen-bond acceptors (Lipinski definition) is 4. The summed E-state index contributed by atoms with van der Waals surface area (Å²) in [6.07, 6.45) is 10.5. The molecule has 1 atom stereocenters. The van der Waals surface area contributed by atoms with Crippen LogP contribution in [0.3, 0.4) is 0 Å². The van der Waals surface area contributed by atoms with Gasteiger partial charge in [0.1, 0.15) is 5.75 Å². The van der Waals surface area contributed by atoms with Crippen molar-refractivity contribution in [2.45, 2.75) is 38.3 Å². The number of piperidine rings is 1.